The Morgan fingerprint density at radius 3 is 2.74 bits per heavy atom. The monoisotopic (exact) mass is 432 g/mol. The van der Waals surface area contributed by atoms with Crippen molar-refractivity contribution in [1.29, 1.82) is 0 Å². The van der Waals surface area contributed by atoms with Gasteiger partial charge in [0.05, 0.1) is 17.8 Å². The molecular weight excluding hydrogens is 409 g/mol. The fraction of sp³-hybridized carbons (Fsp3) is 0.476. The number of hydrazine groups is 1. The van der Waals surface area contributed by atoms with Gasteiger partial charge in [0.1, 0.15) is 0 Å². The molecule has 1 aliphatic carbocycles. The van der Waals surface area contributed by atoms with Gasteiger partial charge >= 0.3 is 12.2 Å². The van der Waals surface area contributed by atoms with Gasteiger partial charge in [-0.05, 0) is 54.0 Å². The fourth-order valence-corrected chi connectivity index (χ4v) is 5.17. The van der Waals surface area contributed by atoms with Crippen LogP contribution in [0.15, 0.2) is 42.7 Å². The van der Waals surface area contributed by atoms with Gasteiger partial charge in [0.25, 0.3) is 0 Å². The van der Waals surface area contributed by atoms with Gasteiger partial charge in [0.2, 0.25) is 0 Å². The molecule has 3 aliphatic rings. The highest BCUT2D eigenvalue weighted by Gasteiger charge is 2.47. The first-order valence-electron chi connectivity index (χ1n) is 10.4. The highest BCUT2D eigenvalue weighted by Crippen LogP contribution is 2.41. The number of nitrogens with zero attached hydrogens (tertiary/aromatic N) is 3. The summed E-state index contributed by atoms with van der Waals surface area (Å²) < 4.78 is 39.1. The van der Waals surface area contributed by atoms with Crippen molar-refractivity contribution in [3.63, 3.8) is 0 Å². The maximum Gasteiger partial charge on any atom is 0.416 e. The summed E-state index contributed by atoms with van der Waals surface area (Å²) in [6.07, 6.45) is 0.731. The van der Waals surface area contributed by atoms with Gasteiger partial charge in [-0.25, -0.2) is 10.2 Å². The van der Waals surface area contributed by atoms with Crippen molar-refractivity contribution in [2.24, 2.45) is 11.8 Å². The Morgan fingerprint density at radius 1 is 1.10 bits per heavy atom. The van der Waals surface area contributed by atoms with Crippen LogP contribution in [0.25, 0.3) is 0 Å². The molecule has 1 aromatic heterocycles. The molecular formula is C21H23F3N6O. The molecule has 3 heterocycles. The number of fused-ring (bicyclic) bond motifs is 2. The van der Waals surface area contributed by atoms with Gasteiger partial charge in [-0.3, -0.25) is 5.43 Å². The first-order chi connectivity index (χ1) is 14.9. The number of benzene rings is 1. The lowest BCUT2D eigenvalue weighted by Gasteiger charge is -2.45. The standard InChI is InChI=1S/C21H23F3N6O/c22-21(23,24)15-3-1-2-12(6-15)10-30-11-14-7-16-18(8-17(14)27-20(30)31)28-29-19(16)13-4-5-25-26-9-13/h1-6,9,14,16-19,28-29H,7-8,10-11H2,(H,27,31). The summed E-state index contributed by atoms with van der Waals surface area (Å²) in [6, 6.07) is 7.29. The zero-order chi connectivity index (χ0) is 21.6. The summed E-state index contributed by atoms with van der Waals surface area (Å²) in [5.74, 6) is 0.555. The third-order valence-electron chi connectivity index (χ3n) is 6.67. The Kier molecular flexibility index (Phi) is 5.05. The van der Waals surface area contributed by atoms with Crippen LogP contribution in [-0.2, 0) is 12.7 Å². The van der Waals surface area contributed by atoms with E-state index in [0.717, 1.165) is 30.5 Å². The molecule has 5 unspecified atom stereocenters. The molecule has 3 N–H and O–H groups in total. The van der Waals surface area contributed by atoms with E-state index < -0.39 is 11.7 Å². The minimum absolute atomic E-state index is 0.0510. The molecule has 0 spiro atoms. The van der Waals surface area contributed by atoms with E-state index >= 15 is 0 Å². The second-order valence-electron chi connectivity index (χ2n) is 8.58. The van der Waals surface area contributed by atoms with E-state index in [4.69, 9.17) is 0 Å². The quantitative estimate of drug-likeness (QED) is 0.695. The summed E-state index contributed by atoms with van der Waals surface area (Å²) in [4.78, 5) is 14.3. The van der Waals surface area contributed by atoms with Gasteiger partial charge in [-0.2, -0.15) is 23.4 Å². The van der Waals surface area contributed by atoms with E-state index in [2.05, 4.69) is 26.4 Å². The minimum Gasteiger partial charge on any atom is -0.335 e. The summed E-state index contributed by atoms with van der Waals surface area (Å²) >= 11 is 0. The summed E-state index contributed by atoms with van der Waals surface area (Å²) in [7, 11) is 0. The largest absolute Gasteiger partial charge is 0.416 e. The third kappa shape index (κ3) is 3.97. The van der Waals surface area contributed by atoms with Crippen LogP contribution in [0, 0.1) is 11.8 Å². The number of hydrogen-bond acceptors (Lipinski definition) is 5. The van der Waals surface area contributed by atoms with Crippen molar-refractivity contribution >= 4 is 6.03 Å². The van der Waals surface area contributed by atoms with E-state index in [1.165, 1.54) is 6.07 Å². The molecule has 5 rings (SSSR count). The fourth-order valence-electron chi connectivity index (χ4n) is 5.17. The first kappa shape index (κ1) is 20.2. The Balaban J connectivity index is 1.30. The van der Waals surface area contributed by atoms with Crippen LogP contribution in [0.4, 0.5) is 18.0 Å². The van der Waals surface area contributed by atoms with E-state index in [-0.39, 0.29) is 36.6 Å². The number of alkyl halides is 3. The summed E-state index contributed by atoms with van der Waals surface area (Å²) in [6.45, 7) is 0.679. The third-order valence-corrected chi connectivity index (χ3v) is 6.67. The molecule has 31 heavy (non-hydrogen) atoms. The summed E-state index contributed by atoms with van der Waals surface area (Å²) in [5, 5.41) is 10.9. The van der Waals surface area contributed by atoms with Crippen LogP contribution in [0.5, 0.6) is 0 Å². The average Bonchev–Trinajstić information content (AvgIpc) is 3.16. The smallest absolute Gasteiger partial charge is 0.335 e. The van der Waals surface area contributed by atoms with E-state index in [1.807, 2.05) is 6.07 Å². The molecule has 1 saturated carbocycles. The van der Waals surface area contributed by atoms with Crippen LogP contribution >= 0.6 is 0 Å². The van der Waals surface area contributed by atoms with Crippen molar-refractivity contribution < 1.29 is 18.0 Å². The van der Waals surface area contributed by atoms with Gasteiger partial charge < -0.3 is 10.2 Å². The SMILES string of the molecule is O=C1NC2CC3NNC(c4ccnnc4)C3CC2CN1Cc1cccc(C(F)(F)F)c1. The number of amides is 2. The molecule has 7 nitrogen and oxygen atoms in total. The number of rotatable bonds is 3. The van der Waals surface area contributed by atoms with Crippen LogP contribution < -0.4 is 16.2 Å². The molecule has 10 heteroatoms. The van der Waals surface area contributed by atoms with Gasteiger partial charge in [-0.1, -0.05) is 12.1 Å². The summed E-state index contributed by atoms with van der Waals surface area (Å²) in [5.41, 5.74) is 7.55. The first-order valence-corrected chi connectivity index (χ1v) is 10.4. The highest BCUT2D eigenvalue weighted by atomic mass is 19.4. The zero-order valence-corrected chi connectivity index (χ0v) is 16.6. The van der Waals surface area contributed by atoms with E-state index in [1.54, 1.807) is 23.4 Å². The minimum atomic E-state index is -4.40. The number of hydrogen-bond donors (Lipinski definition) is 3. The Labute approximate surface area is 177 Å². The molecule has 2 aliphatic heterocycles. The highest BCUT2D eigenvalue weighted by molar-refractivity contribution is 5.75. The van der Waals surface area contributed by atoms with Gasteiger partial charge in [0.15, 0.2) is 0 Å². The maximum atomic E-state index is 13.0. The maximum absolute atomic E-state index is 13.0. The topological polar surface area (TPSA) is 82.2 Å². The lowest BCUT2D eigenvalue weighted by Crippen LogP contribution is -2.60. The van der Waals surface area contributed by atoms with Gasteiger partial charge in [-0.15, -0.1) is 0 Å². The zero-order valence-electron chi connectivity index (χ0n) is 16.6. The number of urea groups is 1. The molecule has 5 atom stereocenters. The van der Waals surface area contributed by atoms with Crippen molar-refractivity contribution in [3.05, 3.63) is 59.4 Å². The molecule has 2 aromatic rings. The van der Waals surface area contributed by atoms with E-state index in [0.29, 0.717) is 18.0 Å². The Morgan fingerprint density at radius 2 is 1.97 bits per heavy atom. The van der Waals surface area contributed by atoms with Crippen LogP contribution in [0.3, 0.4) is 0 Å². The molecule has 3 fully saturated rings. The molecule has 164 valence electrons. The lowest BCUT2D eigenvalue weighted by atomic mass is 9.71. The number of halogens is 3. The molecule has 0 radical (unpaired) electrons. The predicted molar refractivity (Wildman–Crippen MR) is 105 cm³/mol. The second kappa shape index (κ2) is 7.76. The van der Waals surface area contributed by atoms with Crippen LogP contribution in [-0.4, -0.2) is 39.8 Å². The van der Waals surface area contributed by atoms with Crippen molar-refractivity contribution in [2.45, 2.75) is 43.7 Å². The number of carbonyl (C=O) groups excluding carboxylic acids is 1. The lowest BCUT2D eigenvalue weighted by molar-refractivity contribution is -0.137. The number of nitrogens with one attached hydrogen (secondary N) is 3. The van der Waals surface area contributed by atoms with Crippen LogP contribution in [0.2, 0.25) is 0 Å². The second-order valence-corrected chi connectivity index (χ2v) is 8.58. The Bertz CT molecular complexity index is 956. The number of aromatic nitrogens is 2. The van der Waals surface area contributed by atoms with Crippen LogP contribution in [0.1, 0.15) is 35.6 Å². The Hall–Kier alpha value is -2.72. The predicted octanol–water partition coefficient (Wildman–Crippen LogP) is 2.63. The number of carbonyl (C=O) groups is 1. The van der Waals surface area contributed by atoms with Crippen molar-refractivity contribution in [3.8, 4) is 0 Å². The molecule has 1 aromatic carbocycles. The van der Waals surface area contributed by atoms with E-state index in [9.17, 15) is 18.0 Å². The van der Waals surface area contributed by atoms with Crippen molar-refractivity contribution in [1.82, 2.24) is 31.3 Å². The molecule has 2 saturated heterocycles. The van der Waals surface area contributed by atoms with Gasteiger partial charge in [0, 0.05) is 31.4 Å². The molecule has 0 bridgehead atoms. The molecule has 2 amide bonds. The van der Waals surface area contributed by atoms with Crippen molar-refractivity contribution in [2.75, 3.05) is 6.54 Å². The average molecular weight is 432 g/mol. The normalized spacial score (nSPS) is 30.5.